The summed E-state index contributed by atoms with van der Waals surface area (Å²) in [6.45, 7) is 2.18. The number of amides is 1. The predicted octanol–water partition coefficient (Wildman–Crippen LogP) is 4.08. The zero-order chi connectivity index (χ0) is 17.6. The van der Waals surface area contributed by atoms with Crippen molar-refractivity contribution in [2.75, 3.05) is 11.6 Å². The number of nitrogens with one attached hydrogen (secondary N) is 1. The number of anilines is 1. The predicted molar refractivity (Wildman–Crippen MR) is 97.2 cm³/mol. The van der Waals surface area contributed by atoms with Gasteiger partial charge in [-0.25, -0.2) is 8.42 Å². The van der Waals surface area contributed by atoms with Gasteiger partial charge in [0, 0.05) is 17.5 Å². The molecule has 0 bridgehead atoms. The van der Waals surface area contributed by atoms with Crippen LogP contribution in [0, 0.1) is 0 Å². The number of carbonyl (C=O) groups excluding carboxylic acids is 1. The Kier molecular flexibility index (Phi) is 6.15. The van der Waals surface area contributed by atoms with Crippen molar-refractivity contribution in [1.29, 1.82) is 0 Å². The molecule has 1 N–H and O–H groups in total. The molecule has 0 saturated heterocycles. The SMILES string of the molecule is CCCCCc1ccc(NC(=O)c2cccc(S(C)(=O)=O)c2)cc1. The van der Waals surface area contributed by atoms with E-state index in [-0.39, 0.29) is 10.8 Å². The molecule has 0 unspecified atom stereocenters. The van der Waals surface area contributed by atoms with Gasteiger partial charge in [0.05, 0.1) is 4.90 Å². The van der Waals surface area contributed by atoms with Gasteiger partial charge in [0.2, 0.25) is 0 Å². The molecular weight excluding hydrogens is 322 g/mol. The Bertz CT molecular complexity index is 796. The lowest BCUT2D eigenvalue weighted by Gasteiger charge is -2.08. The first-order valence-corrected chi connectivity index (χ1v) is 9.99. The Hall–Kier alpha value is -2.14. The Morgan fingerprint density at radius 3 is 2.38 bits per heavy atom. The summed E-state index contributed by atoms with van der Waals surface area (Å²) in [6.07, 6.45) is 5.75. The summed E-state index contributed by atoms with van der Waals surface area (Å²) < 4.78 is 23.2. The lowest BCUT2D eigenvalue weighted by atomic mass is 10.1. The third-order valence-corrected chi connectivity index (χ3v) is 4.92. The van der Waals surface area contributed by atoms with Gasteiger partial charge in [0.1, 0.15) is 0 Å². The van der Waals surface area contributed by atoms with Crippen LogP contribution >= 0.6 is 0 Å². The van der Waals surface area contributed by atoms with Crippen molar-refractivity contribution in [2.24, 2.45) is 0 Å². The van der Waals surface area contributed by atoms with Crippen LogP contribution in [0.2, 0.25) is 0 Å². The summed E-state index contributed by atoms with van der Waals surface area (Å²) in [4.78, 5) is 12.4. The fourth-order valence-electron chi connectivity index (χ4n) is 2.41. The Balaban J connectivity index is 2.04. The van der Waals surface area contributed by atoms with E-state index in [1.165, 1.54) is 37.0 Å². The molecule has 2 aromatic rings. The minimum absolute atomic E-state index is 0.140. The molecule has 0 aliphatic carbocycles. The minimum Gasteiger partial charge on any atom is -0.322 e. The molecule has 2 rings (SSSR count). The third kappa shape index (κ3) is 5.20. The second-order valence-corrected chi connectivity index (χ2v) is 7.92. The molecule has 0 radical (unpaired) electrons. The number of hydrogen-bond acceptors (Lipinski definition) is 3. The molecule has 0 atom stereocenters. The van der Waals surface area contributed by atoms with Gasteiger partial charge >= 0.3 is 0 Å². The molecule has 2 aromatic carbocycles. The lowest BCUT2D eigenvalue weighted by molar-refractivity contribution is 0.102. The van der Waals surface area contributed by atoms with Gasteiger partial charge in [-0.3, -0.25) is 4.79 Å². The average molecular weight is 345 g/mol. The number of aryl methyl sites for hydroxylation is 1. The summed E-state index contributed by atoms with van der Waals surface area (Å²) >= 11 is 0. The van der Waals surface area contributed by atoms with Gasteiger partial charge in [-0.1, -0.05) is 38.0 Å². The van der Waals surface area contributed by atoms with Gasteiger partial charge in [-0.05, 0) is 48.7 Å². The Morgan fingerprint density at radius 2 is 1.75 bits per heavy atom. The van der Waals surface area contributed by atoms with E-state index in [1.54, 1.807) is 12.1 Å². The highest BCUT2D eigenvalue weighted by Gasteiger charge is 2.11. The van der Waals surface area contributed by atoms with Crippen LogP contribution in [0.4, 0.5) is 5.69 Å². The summed E-state index contributed by atoms with van der Waals surface area (Å²) in [5.74, 6) is -0.320. The summed E-state index contributed by atoms with van der Waals surface area (Å²) in [5, 5.41) is 2.80. The van der Waals surface area contributed by atoms with E-state index in [2.05, 4.69) is 12.2 Å². The molecule has 0 aliphatic heterocycles. The van der Waals surface area contributed by atoms with Crippen molar-refractivity contribution in [3.05, 3.63) is 59.7 Å². The maximum atomic E-state index is 12.3. The van der Waals surface area contributed by atoms with Crippen molar-refractivity contribution in [3.63, 3.8) is 0 Å². The highest BCUT2D eigenvalue weighted by molar-refractivity contribution is 7.90. The van der Waals surface area contributed by atoms with E-state index in [0.29, 0.717) is 11.3 Å². The largest absolute Gasteiger partial charge is 0.322 e. The van der Waals surface area contributed by atoms with E-state index >= 15 is 0 Å². The zero-order valence-corrected chi connectivity index (χ0v) is 14.9. The van der Waals surface area contributed by atoms with Crippen LogP contribution in [0.25, 0.3) is 0 Å². The van der Waals surface area contributed by atoms with E-state index in [1.807, 2.05) is 24.3 Å². The fraction of sp³-hybridized carbons (Fsp3) is 0.316. The number of sulfone groups is 1. The van der Waals surface area contributed by atoms with Crippen molar-refractivity contribution < 1.29 is 13.2 Å². The highest BCUT2D eigenvalue weighted by Crippen LogP contribution is 2.15. The molecule has 0 fully saturated rings. The quantitative estimate of drug-likeness (QED) is 0.769. The standard InChI is InChI=1S/C19H23NO3S/c1-3-4-5-7-15-10-12-17(13-11-15)20-19(21)16-8-6-9-18(14-16)24(2,22)23/h6,8-14H,3-5,7H2,1-2H3,(H,20,21). The summed E-state index contributed by atoms with van der Waals surface area (Å²) in [6, 6.07) is 13.8. The van der Waals surface area contributed by atoms with Crippen LogP contribution in [0.5, 0.6) is 0 Å². The van der Waals surface area contributed by atoms with E-state index in [0.717, 1.165) is 12.7 Å². The van der Waals surface area contributed by atoms with Gasteiger partial charge in [0.25, 0.3) is 5.91 Å². The molecule has 4 nitrogen and oxygen atoms in total. The van der Waals surface area contributed by atoms with Crippen LogP contribution in [0.1, 0.15) is 42.1 Å². The molecule has 0 saturated carbocycles. The van der Waals surface area contributed by atoms with Crippen LogP contribution in [0.3, 0.4) is 0 Å². The van der Waals surface area contributed by atoms with Gasteiger partial charge in [0.15, 0.2) is 9.84 Å². The molecule has 0 aromatic heterocycles. The van der Waals surface area contributed by atoms with Gasteiger partial charge in [-0.2, -0.15) is 0 Å². The first kappa shape index (κ1) is 18.2. The van der Waals surface area contributed by atoms with Crippen molar-refractivity contribution in [2.45, 2.75) is 37.5 Å². The molecular formula is C19H23NO3S. The topological polar surface area (TPSA) is 63.2 Å². The number of rotatable bonds is 7. The average Bonchev–Trinajstić information content (AvgIpc) is 2.56. The minimum atomic E-state index is -3.33. The fourth-order valence-corrected chi connectivity index (χ4v) is 3.07. The lowest BCUT2D eigenvalue weighted by Crippen LogP contribution is -2.12. The van der Waals surface area contributed by atoms with Crippen LogP contribution in [0.15, 0.2) is 53.4 Å². The first-order chi connectivity index (χ1) is 11.4. The highest BCUT2D eigenvalue weighted by atomic mass is 32.2. The van der Waals surface area contributed by atoms with Crippen molar-refractivity contribution in [3.8, 4) is 0 Å². The molecule has 128 valence electrons. The molecule has 24 heavy (non-hydrogen) atoms. The normalized spacial score (nSPS) is 11.2. The smallest absolute Gasteiger partial charge is 0.255 e. The summed E-state index contributed by atoms with van der Waals surface area (Å²) in [5.41, 5.74) is 2.27. The van der Waals surface area contributed by atoms with Crippen LogP contribution in [-0.4, -0.2) is 20.6 Å². The summed E-state index contributed by atoms with van der Waals surface area (Å²) in [7, 11) is -3.33. The number of carbonyl (C=O) groups is 1. The number of hydrogen-bond donors (Lipinski definition) is 1. The van der Waals surface area contributed by atoms with Gasteiger partial charge < -0.3 is 5.32 Å². The van der Waals surface area contributed by atoms with E-state index in [4.69, 9.17) is 0 Å². The second-order valence-electron chi connectivity index (χ2n) is 5.91. The number of benzene rings is 2. The monoisotopic (exact) mass is 345 g/mol. The van der Waals surface area contributed by atoms with Gasteiger partial charge in [-0.15, -0.1) is 0 Å². The van der Waals surface area contributed by atoms with Crippen molar-refractivity contribution >= 4 is 21.4 Å². The molecule has 5 heteroatoms. The van der Waals surface area contributed by atoms with Crippen LogP contribution < -0.4 is 5.32 Å². The number of unbranched alkanes of at least 4 members (excludes halogenated alkanes) is 2. The Morgan fingerprint density at radius 1 is 1.04 bits per heavy atom. The van der Waals surface area contributed by atoms with Crippen molar-refractivity contribution in [1.82, 2.24) is 0 Å². The Labute approximate surface area is 143 Å². The molecule has 0 aliphatic rings. The second kappa shape index (κ2) is 8.11. The molecule has 0 heterocycles. The third-order valence-electron chi connectivity index (χ3n) is 3.81. The maximum Gasteiger partial charge on any atom is 0.255 e. The first-order valence-electron chi connectivity index (χ1n) is 8.10. The maximum absolute atomic E-state index is 12.3. The van der Waals surface area contributed by atoms with E-state index in [9.17, 15) is 13.2 Å². The van der Waals surface area contributed by atoms with Crippen LogP contribution in [-0.2, 0) is 16.3 Å². The molecule has 0 spiro atoms. The zero-order valence-electron chi connectivity index (χ0n) is 14.1. The van der Waals surface area contributed by atoms with E-state index < -0.39 is 9.84 Å². The molecule has 1 amide bonds.